The largest absolute Gasteiger partial charge is 0.481 e. The van der Waals surface area contributed by atoms with Gasteiger partial charge in [0.15, 0.2) is 0 Å². The van der Waals surface area contributed by atoms with Gasteiger partial charge in [0.05, 0.1) is 12.0 Å². The van der Waals surface area contributed by atoms with E-state index in [1.54, 1.807) is 0 Å². The first-order valence-corrected chi connectivity index (χ1v) is 19.8. The molecule has 0 aliphatic rings. The zero-order valence-electron chi connectivity index (χ0n) is 31.6. The van der Waals surface area contributed by atoms with Gasteiger partial charge in [-0.3, -0.25) is 4.79 Å². The molecule has 9 atom stereocenters. The van der Waals surface area contributed by atoms with Gasteiger partial charge in [0.1, 0.15) is 0 Å². The van der Waals surface area contributed by atoms with Crippen LogP contribution in [-0.4, -0.2) is 22.3 Å². The molecule has 264 valence electrons. The van der Waals surface area contributed by atoms with Gasteiger partial charge in [-0.25, -0.2) is 0 Å². The van der Waals surface area contributed by atoms with Crippen molar-refractivity contribution in [1.82, 2.24) is 0 Å². The summed E-state index contributed by atoms with van der Waals surface area (Å²) in [4.78, 5) is 11.2. The van der Waals surface area contributed by atoms with E-state index in [2.05, 4.69) is 55.4 Å². The van der Waals surface area contributed by atoms with Gasteiger partial charge in [0.2, 0.25) is 0 Å². The molecule has 0 aromatic rings. The highest BCUT2D eigenvalue weighted by Crippen LogP contribution is 2.31. The van der Waals surface area contributed by atoms with Gasteiger partial charge >= 0.3 is 5.97 Å². The van der Waals surface area contributed by atoms with Crippen LogP contribution in [-0.2, 0) is 4.79 Å². The molecule has 0 rings (SSSR count). The van der Waals surface area contributed by atoms with Gasteiger partial charge in [-0.2, -0.15) is 0 Å². The second-order valence-electron chi connectivity index (χ2n) is 16.4. The Kier molecular flexibility index (Phi) is 27.2. The lowest BCUT2D eigenvalue weighted by atomic mass is 9.80. The number of aliphatic hydroxyl groups excluding tert-OH is 1. The van der Waals surface area contributed by atoms with Crippen molar-refractivity contribution < 1.29 is 15.0 Å². The summed E-state index contributed by atoms with van der Waals surface area (Å²) in [6.45, 7) is 20.6. The summed E-state index contributed by atoms with van der Waals surface area (Å²) in [6.07, 6.45) is 28.4. The predicted molar refractivity (Wildman–Crippen MR) is 194 cm³/mol. The van der Waals surface area contributed by atoms with Gasteiger partial charge in [0.25, 0.3) is 0 Å². The Morgan fingerprint density at radius 1 is 0.455 bits per heavy atom. The van der Waals surface area contributed by atoms with E-state index in [9.17, 15) is 15.0 Å². The lowest BCUT2D eigenvalue weighted by molar-refractivity contribution is -0.141. The van der Waals surface area contributed by atoms with Crippen LogP contribution in [0.1, 0.15) is 204 Å². The predicted octanol–water partition coefficient (Wildman–Crippen LogP) is 13.1. The standard InChI is InChI=1S/C41H82O3/c1-10-11-12-13-14-15-16-17-18-19-20-21-22-23-24-40(42)38(8)30-36(6)28-34(4)26-32(2)25-33(3)27-35(5)29-37(7)31-39(9)41(43)44/h32-40,42H,10-31H2,1-9H3,(H,43,44). The minimum atomic E-state index is -0.666. The highest BCUT2D eigenvalue weighted by Gasteiger charge is 2.22. The number of rotatable bonds is 31. The number of unbranched alkanes of at least 4 members (excludes halogenated alkanes) is 13. The average molecular weight is 623 g/mol. The maximum atomic E-state index is 11.2. The summed E-state index contributed by atoms with van der Waals surface area (Å²) in [5.41, 5.74) is 0. The van der Waals surface area contributed by atoms with Crippen LogP contribution < -0.4 is 0 Å². The molecule has 3 heteroatoms. The van der Waals surface area contributed by atoms with E-state index < -0.39 is 5.97 Å². The third-order valence-corrected chi connectivity index (χ3v) is 10.5. The molecule has 0 aliphatic carbocycles. The summed E-state index contributed by atoms with van der Waals surface area (Å²) in [7, 11) is 0. The molecule has 0 radical (unpaired) electrons. The molecular formula is C41H82O3. The molecule has 0 fully saturated rings. The first kappa shape index (κ1) is 43.4. The molecule has 44 heavy (non-hydrogen) atoms. The Morgan fingerprint density at radius 2 is 0.750 bits per heavy atom. The second kappa shape index (κ2) is 27.5. The monoisotopic (exact) mass is 623 g/mol. The fourth-order valence-electron chi connectivity index (χ4n) is 8.34. The Balaban J connectivity index is 3.96. The van der Waals surface area contributed by atoms with Crippen LogP contribution in [0.5, 0.6) is 0 Å². The Bertz CT molecular complexity index is 648. The van der Waals surface area contributed by atoms with Crippen molar-refractivity contribution in [3.05, 3.63) is 0 Å². The average Bonchev–Trinajstić information content (AvgIpc) is 2.92. The van der Waals surface area contributed by atoms with Crippen molar-refractivity contribution in [2.75, 3.05) is 0 Å². The Hall–Kier alpha value is -0.570. The summed E-state index contributed by atoms with van der Waals surface area (Å²) >= 11 is 0. The smallest absolute Gasteiger partial charge is 0.306 e. The van der Waals surface area contributed by atoms with E-state index in [1.165, 1.54) is 116 Å². The van der Waals surface area contributed by atoms with Gasteiger partial charge < -0.3 is 10.2 Å². The Labute approximate surface area is 277 Å². The molecule has 2 N–H and O–H groups in total. The van der Waals surface area contributed by atoms with Crippen molar-refractivity contribution in [3.8, 4) is 0 Å². The molecule has 0 amide bonds. The third-order valence-electron chi connectivity index (χ3n) is 10.5. The molecular weight excluding hydrogens is 540 g/mol. The normalized spacial score (nSPS) is 18.2. The van der Waals surface area contributed by atoms with Gasteiger partial charge in [-0.05, 0) is 92.8 Å². The van der Waals surface area contributed by atoms with Crippen LogP contribution >= 0.6 is 0 Å². The van der Waals surface area contributed by atoms with E-state index >= 15 is 0 Å². The number of aliphatic hydroxyl groups is 1. The fourth-order valence-corrected chi connectivity index (χ4v) is 8.34. The highest BCUT2D eigenvalue weighted by molar-refractivity contribution is 5.69. The molecule has 0 heterocycles. The molecule has 0 saturated heterocycles. The number of carbonyl (C=O) groups is 1. The van der Waals surface area contributed by atoms with Crippen LogP contribution in [0.15, 0.2) is 0 Å². The number of aliphatic carboxylic acids is 1. The van der Waals surface area contributed by atoms with Crippen molar-refractivity contribution in [1.29, 1.82) is 0 Å². The zero-order chi connectivity index (χ0) is 33.3. The third kappa shape index (κ3) is 25.6. The van der Waals surface area contributed by atoms with Crippen molar-refractivity contribution in [2.24, 2.45) is 47.3 Å². The first-order chi connectivity index (χ1) is 20.8. The van der Waals surface area contributed by atoms with Crippen LogP contribution in [0.2, 0.25) is 0 Å². The topological polar surface area (TPSA) is 57.5 Å². The maximum absolute atomic E-state index is 11.2. The first-order valence-electron chi connectivity index (χ1n) is 19.8. The lowest BCUT2D eigenvalue weighted by Gasteiger charge is -2.27. The number of hydrogen-bond donors (Lipinski definition) is 2. The van der Waals surface area contributed by atoms with Crippen LogP contribution in [0, 0.1) is 47.3 Å². The molecule has 0 spiro atoms. The molecule has 0 aromatic carbocycles. The van der Waals surface area contributed by atoms with Crippen LogP contribution in [0.25, 0.3) is 0 Å². The minimum Gasteiger partial charge on any atom is -0.481 e. The van der Waals surface area contributed by atoms with Gasteiger partial charge in [-0.1, -0.05) is 152 Å². The molecule has 0 aromatic heterocycles. The number of carboxylic acids is 1. The number of hydrogen-bond acceptors (Lipinski definition) is 2. The summed E-state index contributed by atoms with van der Waals surface area (Å²) in [5.74, 6) is 3.50. The molecule has 0 saturated carbocycles. The Morgan fingerprint density at radius 3 is 1.09 bits per heavy atom. The minimum absolute atomic E-state index is 0.137. The summed E-state index contributed by atoms with van der Waals surface area (Å²) in [6, 6.07) is 0. The van der Waals surface area contributed by atoms with E-state index in [4.69, 9.17) is 0 Å². The van der Waals surface area contributed by atoms with E-state index in [-0.39, 0.29) is 12.0 Å². The maximum Gasteiger partial charge on any atom is 0.306 e. The van der Waals surface area contributed by atoms with Gasteiger partial charge in [0, 0.05) is 0 Å². The van der Waals surface area contributed by atoms with Crippen LogP contribution in [0.3, 0.4) is 0 Å². The molecule has 3 nitrogen and oxygen atoms in total. The van der Waals surface area contributed by atoms with Gasteiger partial charge in [-0.15, -0.1) is 0 Å². The lowest BCUT2D eigenvalue weighted by Crippen LogP contribution is -2.21. The van der Waals surface area contributed by atoms with Crippen molar-refractivity contribution in [3.63, 3.8) is 0 Å². The van der Waals surface area contributed by atoms with Crippen LogP contribution in [0.4, 0.5) is 0 Å². The van der Waals surface area contributed by atoms with E-state index in [0.717, 1.165) is 43.4 Å². The van der Waals surface area contributed by atoms with Crippen molar-refractivity contribution in [2.45, 2.75) is 210 Å². The zero-order valence-corrected chi connectivity index (χ0v) is 31.6. The second-order valence-corrected chi connectivity index (χ2v) is 16.4. The SMILES string of the molecule is CCCCCCCCCCCCCCCCC(O)C(C)CC(C)CC(C)CC(C)CC(C)CC(C)CC(C)CC(C)C(=O)O. The van der Waals surface area contributed by atoms with Crippen molar-refractivity contribution >= 4 is 5.97 Å². The highest BCUT2D eigenvalue weighted by atomic mass is 16.4. The quantitative estimate of drug-likeness (QED) is 0.0756. The van der Waals surface area contributed by atoms with E-state index in [1.807, 2.05) is 6.92 Å². The molecule has 0 bridgehead atoms. The molecule has 9 unspecified atom stereocenters. The number of carboxylic acid groups (broad SMARTS) is 1. The molecule has 0 aliphatic heterocycles. The summed E-state index contributed by atoms with van der Waals surface area (Å²) in [5, 5.41) is 20.0. The summed E-state index contributed by atoms with van der Waals surface area (Å²) < 4.78 is 0. The fraction of sp³-hybridized carbons (Fsp3) is 0.976. The van der Waals surface area contributed by atoms with E-state index in [0.29, 0.717) is 23.7 Å².